The number of amides is 1. The van der Waals surface area contributed by atoms with Crippen LogP contribution in [0.1, 0.15) is 36.5 Å². The summed E-state index contributed by atoms with van der Waals surface area (Å²) in [5, 5.41) is 11.4. The number of halogens is 3. The molecule has 2 rings (SSSR count). The van der Waals surface area contributed by atoms with Crippen molar-refractivity contribution in [2.45, 2.75) is 25.9 Å². The first-order valence-corrected chi connectivity index (χ1v) is 7.91. The Morgan fingerprint density at radius 2 is 1.73 bits per heavy atom. The third-order valence-electron chi connectivity index (χ3n) is 3.76. The molecule has 3 nitrogen and oxygen atoms in total. The van der Waals surface area contributed by atoms with Gasteiger partial charge in [-0.2, -0.15) is 18.4 Å². The highest BCUT2D eigenvalue weighted by Crippen LogP contribution is 2.34. The molecule has 0 aliphatic rings. The average molecular weight is 358 g/mol. The number of hydrogen-bond acceptors (Lipinski definition) is 2. The lowest BCUT2D eigenvalue weighted by Crippen LogP contribution is -2.17. The van der Waals surface area contributed by atoms with Crippen LogP contribution >= 0.6 is 0 Å². The van der Waals surface area contributed by atoms with E-state index >= 15 is 0 Å². The molecule has 0 atom stereocenters. The number of nitrogens with zero attached hydrogens (tertiary/aromatic N) is 1. The van der Waals surface area contributed by atoms with Crippen molar-refractivity contribution in [1.29, 1.82) is 5.26 Å². The second-order valence-corrected chi connectivity index (χ2v) is 5.99. The van der Waals surface area contributed by atoms with Gasteiger partial charge in [-0.1, -0.05) is 50.2 Å². The van der Waals surface area contributed by atoms with E-state index < -0.39 is 17.6 Å². The minimum atomic E-state index is -4.60. The molecule has 0 heterocycles. The van der Waals surface area contributed by atoms with Crippen LogP contribution < -0.4 is 5.32 Å². The fourth-order valence-electron chi connectivity index (χ4n) is 2.32. The summed E-state index contributed by atoms with van der Waals surface area (Å²) < 4.78 is 39.0. The second-order valence-electron chi connectivity index (χ2n) is 5.99. The van der Waals surface area contributed by atoms with Gasteiger partial charge in [0.2, 0.25) is 0 Å². The molecule has 2 aromatic rings. The predicted molar refractivity (Wildman–Crippen MR) is 94.2 cm³/mol. The van der Waals surface area contributed by atoms with Crippen LogP contribution in [0.5, 0.6) is 0 Å². The van der Waals surface area contributed by atoms with Crippen molar-refractivity contribution in [3.05, 3.63) is 70.8 Å². The minimum absolute atomic E-state index is 0.278. The van der Waals surface area contributed by atoms with Gasteiger partial charge in [0.15, 0.2) is 0 Å². The fourth-order valence-corrected chi connectivity index (χ4v) is 2.32. The number of carbonyl (C=O) groups is 1. The molecule has 0 spiro atoms. The van der Waals surface area contributed by atoms with Gasteiger partial charge in [0.25, 0.3) is 5.91 Å². The van der Waals surface area contributed by atoms with Crippen LogP contribution in [0, 0.1) is 11.3 Å². The van der Waals surface area contributed by atoms with Crippen LogP contribution in [0.2, 0.25) is 0 Å². The average Bonchev–Trinajstić information content (AvgIpc) is 2.59. The van der Waals surface area contributed by atoms with Crippen molar-refractivity contribution in [1.82, 2.24) is 0 Å². The first-order valence-electron chi connectivity index (χ1n) is 7.91. The largest absolute Gasteiger partial charge is 0.418 e. The Labute approximate surface area is 149 Å². The number of anilines is 1. The zero-order chi connectivity index (χ0) is 19.3. The number of alkyl halides is 3. The van der Waals surface area contributed by atoms with Crippen molar-refractivity contribution in [3.8, 4) is 6.07 Å². The van der Waals surface area contributed by atoms with Gasteiger partial charge in [0.05, 0.1) is 11.3 Å². The molecule has 0 bridgehead atoms. The Hall–Kier alpha value is -3.07. The van der Waals surface area contributed by atoms with Gasteiger partial charge in [0.1, 0.15) is 11.6 Å². The van der Waals surface area contributed by atoms with Gasteiger partial charge >= 0.3 is 6.18 Å². The van der Waals surface area contributed by atoms with Crippen LogP contribution in [0.25, 0.3) is 6.08 Å². The summed E-state index contributed by atoms with van der Waals surface area (Å²) in [4.78, 5) is 12.2. The molecule has 0 unspecified atom stereocenters. The van der Waals surface area contributed by atoms with Crippen molar-refractivity contribution < 1.29 is 18.0 Å². The Morgan fingerprint density at radius 3 is 2.27 bits per heavy atom. The van der Waals surface area contributed by atoms with E-state index in [1.54, 1.807) is 18.2 Å². The van der Waals surface area contributed by atoms with E-state index in [0.29, 0.717) is 11.5 Å². The molecule has 0 aliphatic heterocycles. The van der Waals surface area contributed by atoms with Crippen LogP contribution in [0.4, 0.5) is 18.9 Å². The van der Waals surface area contributed by atoms with Crippen molar-refractivity contribution in [3.63, 3.8) is 0 Å². The van der Waals surface area contributed by atoms with E-state index in [2.05, 4.69) is 5.32 Å². The molecule has 6 heteroatoms. The summed E-state index contributed by atoms with van der Waals surface area (Å²) in [5.74, 6) is -0.553. The Morgan fingerprint density at radius 1 is 1.12 bits per heavy atom. The fraction of sp³-hybridized carbons (Fsp3) is 0.200. The maximum atomic E-state index is 13.0. The van der Waals surface area contributed by atoms with Gasteiger partial charge in [0, 0.05) is 0 Å². The third-order valence-corrected chi connectivity index (χ3v) is 3.76. The maximum Gasteiger partial charge on any atom is 0.418 e. The number of nitrogens with one attached hydrogen (secondary N) is 1. The minimum Gasteiger partial charge on any atom is -0.321 e. The molecule has 0 aliphatic carbocycles. The molecule has 0 fully saturated rings. The van der Waals surface area contributed by atoms with Crippen molar-refractivity contribution in [2.24, 2.45) is 0 Å². The second kappa shape index (κ2) is 7.87. The zero-order valence-corrected chi connectivity index (χ0v) is 14.3. The first kappa shape index (κ1) is 19.3. The van der Waals surface area contributed by atoms with Crippen LogP contribution in [-0.4, -0.2) is 5.91 Å². The highest BCUT2D eigenvalue weighted by Gasteiger charge is 2.33. The van der Waals surface area contributed by atoms with Crippen LogP contribution in [0.3, 0.4) is 0 Å². The highest BCUT2D eigenvalue weighted by molar-refractivity contribution is 6.10. The lowest BCUT2D eigenvalue weighted by atomic mass is 10.0. The van der Waals surface area contributed by atoms with Crippen molar-refractivity contribution >= 4 is 17.7 Å². The molecule has 0 saturated heterocycles. The standard InChI is InChI=1S/C20H17F3N2O/c1-13(2)15-9-7-14(8-10-15)11-16(12-24)19(26)25-18-6-4-3-5-17(18)20(21,22)23/h3-11,13H,1-2H3,(H,25,26)/b16-11+. The first-order chi connectivity index (χ1) is 12.2. The lowest BCUT2D eigenvalue weighted by Gasteiger charge is -2.13. The summed E-state index contributed by atoms with van der Waals surface area (Å²) in [6.45, 7) is 4.08. The van der Waals surface area contributed by atoms with E-state index in [4.69, 9.17) is 0 Å². The monoisotopic (exact) mass is 358 g/mol. The number of rotatable bonds is 4. The summed E-state index contributed by atoms with van der Waals surface area (Å²) >= 11 is 0. The molecule has 0 saturated carbocycles. The summed E-state index contributed by atoms with van der Waals surface area (Å²) in [7, 11) is 0. The topological polar surface area (TPSA) is 52.9 Å². The van der Waals surface area contributed by atoms with E-state index in [0.717, 1.165) is 17.7 Å². The molecule has 0 radical (unpaired) electrons. The lowest BCUT2D eigenvalue weighted by molar-refractivity contribution is -0.137. The Kier molecular flexibility index (Phi) is 5.83. The van der Waals surface area contributed by atoms with E-state index in [9.17, 15) is 23.2 Å². The molecule has 0 aromatic heterocycles. The van der Waals surface area contributed by atoms with Crippen molar-refractivity contribution in [2.75, 3.05) is 5.32 Å². The normalized spacial score (nSPS) is 12.0. The molecule has 1 N–H and O–H groups in total. The van der Waals surface area contributed by atoms with E-state index in [1.165, 1.54) is 18.2 Å². The Bertz CT molecular complexity index is 860. The molecule has 1 amide bonds. The molecule has 26 heavy (non-hydrogen) atoms. The van der Waals surface area contributed by atoms with Crippen LogP contribution in [0.15, 0.2) is 54.1 Å². The molecule has 2 aromatic carbocycles. The number of nitriles is 1. The number of carbonyl (C=O) groups excluding carboxylic acids is 1. The Balaban J connectivity index is 2.26. The summed E-state index contributed by atoms with van der Waals surface area (Å²) in [6.07, 6.45) is -3.26. The smallest absolute Gasteiger partial charge is 0.321 e. The van der Waals surface area contributed by atoms with Gasteiger partial charge in [-0.05, 0) is 35.3 Å². The summed E-state index contributed by atoms with van der Waals surface area (Å²) in [6, 6.07) is 13.6. The number of hydrogen-bond donors (Lipinski definition) is 1. The summed E-state index contributed by atoms with van der Waals surface area (Å²) in [5.41, 5.74) is 0.0851. The third kappa shape index (κ3) is 4.73. The number of para-hydroxylation sites is 1. The van der Waals surface area contributed by atoms with Gasteiger partial charge in [-0.25, -0.2) is 0 Å². The zero-order valence-electron chi connectivity index (χ0n) is 14.3. The van der Waals surface area contributed by atoms with E-state index in [-0.39, 0.29) is 11.3 Å². The molecular formula is C20H17F3N2O. The highest BCUT2D eigenvalue weighted by atomic mass is 19.4. The van der Waals surface area contributed by atoms with E-state index in [1.807, 2.05) is 26.0 Å². The van der Waals surface area contributed by atoms with Gasteiger partial charge in [-0.15, -0.1) is 0 Å². The molecular weight excluding hydrogens is 341 g/mol. The predicted octanol–water partition coefficient (Wildman–Crippen LogP) is 5.37. The van der Waals surface area contributed by atoms with Crippen LogP contribution in [-0.2, 0) is 11.0 Å². The van der Waals surface area contributed by atoms with Gasteiger partial charge < -0.3 is 5.32 Å². The quantitative estimate of drug-likeness (QED) is 0.590. The number of benzene rings is 2. The molecule has 134 valence electrons. The SMILES string of the molecule is CC(C)c1ccc(/C=C(\C#N)C(=O)Nc2ccccc2C(F)(F)F)cc1. The van der Waals surface area contributed by atoms with Gasteiger partial charge in [-0.3, -0.25) is 4.79 Å². The maximum absolute atomic E-state index is 13.0.